The molecular weight excluding hydrogens is 324 g/mol. The summed E-state index contributed by atoms with van der Waals surface area (Å²) in [6.45, 7) is 8.75. The zero-order chi connectivity index (χ0) is 18.8. The molecule has 1 amide bonds. The van der Waals surface area contributed by atoms with Crippen molar-refractivity contribution in [2.45, 2.75) is 33.9 Å². The van der Waals surface area contributed by atoms with Gasteiger partial charge in [-0.2, -0.15) is 0 Å². The van der Waals surface area contributed by atoms with Crippen LogP contribution in [0.15, 0.2) is 53.5 Å². The number of aliphatic imine (C=N–C) groups is 1. The highest BCUT2D eigenvalue weighted by Crippen LogP contribution is 2.06. The Balaban J connectivity index is 1.95. The van der Waals surface area contributed by atoms with Crippen molar-refractivity contribution in [3.63, 3.8) is 0 Å². The van der Waals surface area contributed by atoms with E-state index in [2.05, 4.69) is 52.1 Å². The van der Waals surface area contributed by atoms with Crippen molar-refractivity contribution in [3.05, 3.63) is 70.8 Å². The second-order valence-electron chi connectivity index (χ2n) is 6.09. The van der Waals surface area contributed by atoms with Crippen LogP contribution in [0, 0.1) is 6.92 Å². The highest BCUT2D eigenvalue weighted by molar-refractivity contribution is 5.94. The van der Waals surface area contributed by atoms with Gasteiger partial charge in [-0.15, -0.1) is 0 Å². The Kier molecular flexibility index (Phi) is 7.68. The lowest BCUT2D eigenvalue weighted by molar-refractivity contribution is 0.0956. The Morgan fingerprint density at radius 3 is 2.31 bits per heavy atom. The first-order valence-corrected chi connectivity index (χ1v) is 9.07. The predicted octanol–water partition coefficient (Wildman–Crippen LogP) is 3.00. The summed E-state index contributed by atoms with van der Waals surface area (Å²) in [5.41, 5.74) is 4.20. The molecule has 0 bridgehead atoms. The largest absolute Gasteiger partial charge is 0.357 e. The molecule has 0 saturated heterocycles. The quantitative estimate of drug-likeness (QED) is 0.530. The van der Waals surface area contributed by atoms with Gasteiger partial charge in [0.15, 0.2) is 5.96 Å². The molecule has 26 heavy (non-hydrogen) atoms. The number of carbonyl (C=O) groups is 1. The normalized spacial score (nSPS) is 11.1. The average molecular weight is 352 g/mol. The molecule has 0 saturated carbocycles. The van der Waals surface area contributed by atoms with E-state index >= 15 is 0 Å². The molecule has 5 nitrogen and oxygen atoms in total. The zero-order valence-electron chi connectivity index (χ0n) is 15.8. The first-order chi connectivity index (χ1) is 12.6. The Bertz CT molecular complexity index is 738. The maximum absolute atomic E-state index is 11.8. The maximum atomic E-state index is 11.8. The number of carbonyl (C=O) groups excluding carboxylic acids is 1. The van der Waals surface area contributed by atoms with Crippen LogP contribution in [0.5, 0.6) is 0 Å². The average Bonchev–Trinajstić information content (AvgIpc) is 2.65. The molecule has 5 heteroatoms. The molecule has 2 aromatic carbocycles. The zero-order valence-corrected chi connectivity index (χ0v) is 15.8. The molecule has 0 aliphatic rings. The van der Waals surface area contributed by atoms with Crippen molar-refractivity contribution in [1.82, 2.24) is 16.0 Å². The second kappa shape index (κ2) is 10.2. The van der Waals surface area contributed by atoms with Crippen LogP contribution in [-0.2, 0) is 13.1 Å². The van der Waals surface area contributed by atoms with Gasteiger partial charge in [-0.05, 0) is 44.0 Å². The van der Waals surface area contributed by atoms with Gasteiger partial charge in [-0.25, -0.2) is 4.99 Å². The highest BCUT2D eigenvalue weighted by atomic mass is 16.1. The van der Waals surface area contributed by atoms with Crippen molar-refractivity contribution in [3.8, 4) is 0 Å². The Hall–Kier alpha value is -2.82. The molecule has 0 spiro atoms. The summed E-state index contributed by atoms with van der Waals surface area (Å²) in [6, 6.07) is 16.0. The van der Waals surface area contributed by atoms with Gasteiger partial charge in [-0.3, -0.25) is 4.79 Å². The van der Waals surface area contributed by atoms with E-state index in [-0.39, 0.29) is 5.91 Å². The van der Waals surface area contributed by atoms with Crippen LogP contribution < -0.4 is 16.0 Å². The maximum Gasteiger partial charge on any atom is 0.251 e. The van der Waals surface area contributed by atoms with Gasteiger partial charge in [0, 0.05) is 25.2 Å². The first kappa shape index (κ1) is 19.5. The summed E-state index contributed by atoms with van der Waals surface area (Å²) in [7, 11) is 0. The van der Waals surface area contributed by atoms with Crippen LogP contribution in [-0.4, -0.2) is 25.0 Å². The van der Waals surface area contributed by atoms with Gasteiger partial charge in [0.05, 0.1) is 6.54 Å². The molecule has 0 unspecified atom stereocenters. The molecular formula is C21H28N4O. The van der Waals surface area contributed by atoms with E-state index in [1.165, 1.54) is 11.1 Å². The highest BCUT2D eigenvalue weighted by Gasteiger charge is 2.04. The number of aryl methyl sites for hydroxylation is 1. The van der Waals surface area contributed by atoms with Crippen molar-refractivity contribution >= 4 is 11.9 Å². The summed E-state index contributed by atoms with van der Waals surface area (Å²) < 4.78 is 0. The van der Waals surface area contributed by atoms with Crippen LogP contribution in [0.1, 0.15) is 40.9 Å². The van der Waals surface area contributed by atoms with Crippen LogP contribution in [0.4, 0.5) is 0 Å². The standard InChI is InChI=1S/C21H28N4O/c1-4-22-20(26)19-11-9-17(10-12-19)14-24-21(23-5-2)25-15-18-8-6-7-16(3)13-18/h6-13H,4-5,14-15H2,1-3H3,(H,22,26)(H2,23,24,25). The van der Waals surface area contributed by atoms with Crippen LogP contribution in [0.2, 0.25) is 0 Å². The van der Waals surface area contributed by atoms with Crippen LogP contribution in [0.3, 0.4) is 0 Å². The van der Waals surface area contributed by atoms with E-state index < -0.39 is 0 Å². The fraction of sp³-hybridized carbons (Fsp3) is 0.333. The van der Waals surface area contributed by atoms with Gasteiger partial charge >= 0.3 is 0 Å². The van der Waals surface area contributed by atoms with Crippen molar-refractivity contribution in [1.29, 1.82) is 0 Å². The van der Waals surface area contributed by atoms with E-state index in [0.29, 0.717) is 25.2 Å². The lowest BCUT2D eigenvalue weighted by atomic mass is 10.1. The minimum absolute atomic E-state index is 0.0416. The SMILES string of the molecule is CCNC(=O)c1ccc(CNC(=NCc2cccc(C)c2)NCC)cc1. The minimum Gasteiger partial charge on any atom is -0.357 e. The van der Waals surface area contributed by atoms with Crippen molar-refractivity contribution in [2.75, 3.05) is 13.1 Å². The Morgan fingerprint density at radius 1 is 0.923 bits per heavy atom. The van der Waals surface area contributed by atoms with E-state index in [1.54, 1.807) is 0 Å². The molecule has 0 fully saturated rings. The Labute approximate surface area is 155 Å². The third kappa shape index (κ3) is 6.24. The number of nitrogens with one attached hydrogen (secondary N) is 3. The van der Waals surface area contributed by atoms with Crippen molar-refractivity contribution < 1.29 is 4.79 Å². The van der Waals surface area contributed by atoms with E-state index in [9.17, 15) is 4.79 Å². The molecule has 0 heterocycles. The Morgan fingerprint density at radius 2 is 1.65 bits per heavy atom. The second-order valence-corrected chi connectivity index (χ2v) is 6.09. The van der Waals surface area contributed by atoms with Crippen molar-refractivity contribution in [2.24, 2.45) is 4.99 Å². The third-order valence-corrected chi connectivity index (χ3v) is 3.86. The van der Waals surface area contributed by atoms with Gasteiger partial charge in [-0.1, -0.05) is 42.0 Å². The molecule has 0 aliphatic carbocycles. The van der Waals surface area contributed by atoms with Gasteiger partial charge in [0.2, 0.25) is 0 Å². The third-order valence-electron chi connectivity index (χ3n) is 3.86. The number of rotatable bonds is 7. The minimum atomic E-state index is -0.0416. The predicted molar refractivity (Wildman–Crippen MR) is 107 cm³/mol. The fourth-order valence-electron chi connectivity index (χ4n) is 2.54. The van der Waals surface area contributed by atoms with Gasteiger partial charge < -0.3 is 16.0 Å². The number of guanidine groups is 1. The number of hydrogen-bond donors (Lipinski definition) is 3. The topological polar surface area (TPSA) is 65.5 Å². The van der Waals surface area contributed by atoms with E-state index in [4.69, 9.17) is 0 Å². The summed E-state index contributed by atoms with van der Waals surface area (Å²) >= 11 is 0. The smallest absolute Gasteiger partial charge is 0.251 e. The molecule has 2 rings (SSSR count). The first-order valence-electron chi connectivity index (χ1n) is 9.07. The number of hydrogen-bond acceptors (Lipinski definition) is 2. The number of benzene rings is 2. The molecule has 0 aromatic heterocycles. The summed E-state index contributed by atoms with van der Waals surface area (Å²) in [5, 5.41) is 9.39. The number of amides is 1. The lowest BCUT2D eigenvalue weighted by Crippen LogP contribution is -2.36. The van der Waals surface area contributed by atoms with E-state index in [1.807, 2.05) is 38.1 Å². The molecule has 0 aliphatic heterocycles. The molecule has 0 atom stereocenters. The van der Waals surface area contributed by atoms with Crippen LogP contribution >= 0.6 is 0 Å². The molecule has 2 aromatic rings. The van der Waals surface area contributed by atoms with Crippen LogP contribution in [0.25, 0.3) is 0 Å². The molecule has 0 radical (unpaired) electrons. The number of nitrogens with zero attached hydrogens (tertiary/aromatic N) is 1. The summed E-state index contributed by atoms with van der Waals surface area (Å²) in [4.78, 5) is 16.4. The summed E-state index contributed by atoms with van der Waals surface area (Å²) in [6.07, 6.45) is 0. The monoisotopic (exact) mass is 352 g/mol. The van der Waals surface area contributed by atoms with Gasteiger partial charge in [0.25, 0.3) is 5.91 Å². The molecule has 138 valence electrons. The summed E-state index contributed by atoms with van der Waals surface area (Å²) in [5.74, 6) is 0.738. The fourth-order valence-corrected chi connectivity index (χ4v) is 2.54. The molecule has 3 N–H and O–H groups in total. The van der Waals surface area contributed by atoms with Gasteiger partial charge in [0.1, 0.15) is 0 Å². The lowest BCUT2D eigenvalue weighted by Gasteiger charge is -2.12. The van der Waals surface area contributed by atoms with E-state index in [0.717, 1.165) is 18.1 Å².